The van der Waals surface area contributed by atoms with Crippen LogP contribution in [0.3, 0.4) is 0 Å². The van der Waals surface area contributed by atoms with Gasteiger partial charge in [0.05, 0.1) is 17.5 Å². The minimum absolute atomic E-state index is 0.00957. The van der Waals surface area contributed by atoms with E-state index in [1.54, 1.807) is 13.8 Å². The van der Waals surface area contributed by atoms with E-state index >= 15 is 0 Å². The van der Waals surface area contributed by atoms with Crippen molar-refractivity contribution in [3.63, 3.8) is 0 Å². The zero-order valence-corrected chi connectivity index (χ0v) is 25.1. The quantitative estimate of drug-likeness (QED) is 0.246. The van der Waals surface area contributed by atoms with Crippen molar-refractivity contribution in [1.29, 1.82) is 0 Å². The lowest BCUT2D eigenvalue weighted by Gasteiger charge is -2.25. The van der Waals surface area contributed by atoms with Gasteiger partial charge in [0.1, 0.15) is 5.78 Å². The van der Waals surface area contributed by atoms with E-state index in [4.69, 9.17) is 5.73 Å². The van der Waals surface area contributed by atoms with Crippen molar-refractivity contribution >= 4 is 35.1 Å². The topological polar surface area (TPSA) is 152 Å². The van der Waals surface area contributed by atoms with E-state index in [1.807, 2.05) is 74.5 Å². The van der Waals surface area contributed by atoms with Gasteiger partial charge >= 0.3 is 0 Å². The fourth-order valence-corrected chi connectivity index (χ4v) is 4.54. The first-order chi connectivity index (χ1) is 19.7. The third-order valence-corrected chi connectivity index (χ3v) is 7.07. The van der Waals surface area contributed by atoms with Crippen LogP contribution in [0.2, 0.25) is 0 Å². The fraction of sp³-hybridized carbons (Fsp3) is 0.455. The molecule has 0 spiro atoms. The highest BCUT2D eigenvalue weighted by atomic mass is 16.2. The number of nitrogens with one attached hydrogen (secondary N) is 2. The molecule has 0 fully saturated rings. The first kappa shape index (κ1) is 34.1. The normalized spacial score (nSPS) is 13.5. The van der Waals surface area contributed by atoms with Gasteiger partial charge in [-0.15, -0.1) is 0 Å². The Morgan fingerprint density at radius 1 is 0.810 bits per heavy atom. The van der Waals surface area contributed by atoms with Crippen LogP contribution in [-0.4, -0.2) is 47.2 Å². The average molecular weight is 578 g/mol. The molecule has 0 aliphatic carbocycles. The number of carbonyl (C=O) groups is 6. The Morgan fingerprint density at radius 3 is 1.88 bits per heavy atom. The molecule has 2 rings (SSSR count). The molecule has 2 aromatic rings. The summed E-state index contributed by atoms with van der Waals surface area (Å²) in [7, 11) is 0. The zero-order valence-electron chi connectivity index (χ0n) is 25.1. The number of carbonyl (C=O) groups excluding carboxylic acids is 6. The molecule has 226 valence electrons. The lowest BCUT2D eigenvalue weighted by molar-refractivity contribution is -0.142. The van der Waals surface area contributed by atoms with Gasteiger partial charge in [0.2, 0.25) is 17.6 Å². The third kappa shape index (κ3) is 11.0. The lowest BCUT2D eigenvalue weighted by atomic mass is 9.83. The number of nitrogens with two attached hydrogens (primary N) is 1. The number of rotatable bonds is 17. The Kier molecular flexibility index (Phi) is 12.8. The van der Waals surface area contributed by atoms with Crippen LogP contribution in [0.25, 0.3) is 0 Å². The number of hydrogen-bond acceptors (Lipinski definition) is 6. The Bertz CT molecular complexity index is 1260. The van der Waals surface area contributed by atoms with E-state index in [-0.39, 0.29) is 43.8 Å². The summed E-state index contributed by atoms with van der Waals surface area (Å²) in [5.41, 5.74) is 5.98. The number of amides is 3. The fourth-order valence-electron chi connectivity index (χ4n) is 4.54. The molecule has 3 amide bonds. The molecular formula is C33H43N3O6. The first-order valence-corrected chi connectivity index (χ1v) is 14.3. The van der Waals surface area contributed by atoms with Crippen LogP contribution in [0.5, 0.6) is 0 Å². The molecule has 0 saturated carbocycles. The number of benzene rings is 2. The van der Waals surface area contributed by atoms with E-state index in [9.17, 15) is 28.8 Å². The van der Waals surface area contributed by atoms with Crippen molar-refractivity contribution in [1.82, 2.24) is 10.6 Å². The molecule has 0 radical (unpaired) electrons. The second-order valence-electron chi connectivity index (χ2n) is 11.9. The molecule has 0 aliphatic heterocycles. The molecule has 9 heteroatoms. The molecule has 0 heterocycles. The molecule has 1 unspecified atom stereocenters. The van der Waals surface area contributed by atoms with Gasteiger partial charge in [0.15, 0.2) is 5.78 Å². The van der Waals surface area contributed by atoms with Gasteiger partial charge in [-0.2, -0.15) is 0 Å². The third-order valence-electron chi connectivity index (χ3n) is 7.07. The van der Waals surface area contributed by atoms with Crippen molar-refractivity contribution in [2.45, 2.75) is 78.8 Å². The Hall–Kier alpha value is -4.14. The lowest BCUT2D eigenvalue weighted by Crippen LogP contribution is -2.52. The summed E-state index contributed by atoms with van der Waals surface area (Å²) in [5, 5.41) is 5.10. The summed E-state index contributed by atoms with van der Waals surface area (Å²) >= 11 is 0. The van der Waals surface area contributed by atoms with Gasteiger partial charge in [0, 0.05) is 25.2 Å². The van der Waals surface area contributed by atoms with Gasteiger partial charge < -0.3 is 16.4 Å². The first-order valence-electron chi connectivity index (χ1n) is 14.3. The average Bonchev–Trinajstić information content (AvgIpc) is 2.92. The van der Waals surface area contributed by atoms with Crippen molar-refractivity contribution in [2.75, 3.05) is 0 Å². The van der Waals surface area contributed by atoms with Crippen molar-refractivity contribution < 1.29 is 28.8 Å². The van der Waals surface area contributed by atoms with E-state index in [1.165, 1.54) is 6.92 Å². The Balaban J connectivity index is 2.11. The minimum atomic E-state index is -1.20. The number of Topliss-reactive ketones (excluding diaryl/α,β-unsaturated/α-hetero) is 3. The molecule has 42 heavy (non-hydrogen) atoms. The number of primary amides is 1. The maximum atomic E-state index is 13.3. The van der Waals surface area contributed by atoms with Crippen molar-refractivity contribution in [3.05, 3.63) is 71.8 Å². The minimum Gasteiger partial charge on any atom is -0.369 e. The van der Waals surface area contributed by atoms with Crippen LogP contribution in [0.4, 0.5) is 0 Å². The van der Waals surface area contributed by atoms with E-state index in [2.05, 4.69) is 10.6 Å². The maximum absolute atomic E-state index is 13.3. The summed E-state index contributed by atoms with van der Waals surface area (Å²) in [6.07, 6.45) is 0.479. The molecule has 4 N–H and O–H groups in total. The highest BCUT2D eigenvalue weighted by molar-refractivity contribution is 6.38. The predicted octanol–water partition coefficient (Wildman–Crippen LogP) is 3.12. The maximum Gasteiger partial charge on any atom is 0.290 e. The van der Waals surface area contributed by atoms with Crippen LogP contribution in [0, 0.1) is 17.3 Å². The standard InChI is InChI=1S/C33H43N3O6/c1-21(2)16-27(28(38)20-33(4,5)32(34)42)36-31(41)29(39)22(3)35-30(40)25(17-23-12-8-6-9-13-23)19-26(37)18-24-14-10-7-11-15-24/h6-15,21-22,25,27H,16-20H2,1-5H3,(H2,34,42)(H,35,40)(H,36,41)/t22?,25-,27+/m1/s1. The second-order valence-corrected chi connectivity index (χ2v) is 11.9. The summed E-state index contributed by atoms with van der Waals surface area (Å²) in [4.78, 5) is 76.8. The smallest absolute Gasteiger partial charge is 0.290 e. The van der Waals surface area contributed by atoms with Gasteiger partial charge in [-0.25, -0.2) is 0 Å². The molecule has 9 nitrogen and oxygen atoms in total. The molecule has 0 bridgehead atoms. The predicted molar refractivity (Wildman–Crippen MR) is 160 cm³/mol. The van der Waals surface area contributed by atoms with Crippen molar-refractivity contribution in [2.24, 2.45) is 23.0 Å². The molecule has 0 saturated heterocycles. The van der Waals surface area contributed by atoms with Gasteiger partial charge in [-0.1, -0.05) is 88.4 Å². The van der Waals surface area contributed by atoms with Crippen LogP contribution in [-0.2, 0) is 41.6 Å². The van der Waals surface area contributed by atoms with Crippen LogP contribution < -0.4 is 16.4 Å². The molecule has 0 aliphatic rings. The molecule has 2 aromatic carbocycles. The SMILES string of the molecule is CC(C)C[C@H](NC(=O)C(=O)C(C)NC(=O)[C@@H](CC(=O)Cc1ccccc1)Cc1ccccc1)C(=O)CC(C)(C)C(N)=O. The largest absolute Gasteiger partial charge is 0.369 e. The van der Waals surface area contributed by atoms with E-state index in [0.717, 1.165) is 11.1 Å². The summed E-state index contributed by atoms with van der Waals surface area (Å²) in [6, 6.07) is 16.3. The van der Waals surface area contributed by atoms with Crippen LogP contribution in [0.1, 0.15) is 65.0 Å². The Labute approximate surface area is 248 Å². The highest BCUT2D eigenvalue weighted by Gasteiger charge is 2.34. The van der Waals surface area contributed by atoms with Gasteiger partial charge in [0.25, 0.3) is 5.91 Å². The number of hydrogen-bond donors (Lipinski definition) is 3. The summed E-state index contributed by atoms with van der Waals surface area (Å²) < 4.78 is 0. The van der Waals surface area contributed by atoms with Gasteiger partial charge in [-0.05, 0) is 36.8 Å². The summed E-state index contributed by atoms with van der Waals surface area (Å²) in [6.45, 7) is 8.20. The zero-order chi connectivity index (χ0) is 31.4. The van der Waals surface area contributed by atoms with E-state index < -0.39 is 52.7 Å². The Morgan fingerprint density at radius 2 is 1.36 bits per heavy atom. The van der Waals surface area contributed by atoms with E-state index in [0.29, 0.717) is 0 Å². The molecule has 3 atom stereocenters. The second kappa shape index (κ2) is 15.7. The van der Waals surface area contributed by atoms with Crippen molar-refractivity contribution in [3.8, 4) is 0 Å². The highest BCUT2D eigenvalue weighted by Crippen LogP contribution is 2.22. The van der Waals surface area contributed by atoms with Crippen LogP contribution >= 0.6 is 0 Å². The molecular weight excluding hydrogens is 534 g/mol. The van der Waals surface area contributed by atoms with Gasteiger partial charge in [-0.3, -0.25) is 28.8 Å². The monoisotopic (exact) mass is 577 g/mol. The number of ketones is 3. The van der Waals surface area contributed by atoms with Crippen LogP contribution in [0.15, 0.2) is 60.7 Å². The molecule has 0 aromatic heterocycles. The summed E-state index contributed by atoms with van der Waals surface area (Å²) in [5.74, 6) is -4.39.